The number of rotatable bonds is 4. The minimum atomic E-state index is -0.200. The van der Waals surface area contributed by atoms with Crippen molar-refractivity contribution in [3.05, 3.63) is 35.9 Å². The SMILES string of the molecule is O=C1NCCN(Cc2ccccc2)C1CCO. The van der Waals surface area contributed by atoms with Crippen molar-refractivity contribution in [1.29, 1.82) is 0 Å². The number of piperazine rings is 1. The molecule has 1 unspecified atom stereocenters. The zero-order valence-electron chi connectivity index (χ0n) is 9.80. The van der Waals surface area contributed by atoms with Crippen LogP contribution in [0.3, 0.4) is 0 Å². The van der Waals surface area contributed by atoms with Crippen LogP contribution in [-0.2, 0) is 11.3 Å². The molecule has 0 aliphatic carbocycles. The number of hydrogen-bond donors (Lipinski definition) is 2. The molecular weight excluding hydrogens is 216 g/mol. The van der Waals surface area contributed by atoms with Gasteiger partial charge in [-0.25, -0.2) is 0 Å². The highest BCUT2D eigenvalue weighted by Gasteiger charge is 2.28. The van der Waals surface area contributed by atoms with Gasteiger partial charge in [-0.05, 0) is 12.0 Å². The van der Waals surface area contributed by atoms with E-state index in [1.165, 1.54) is 5.56 Å². The maximum Gasteiger partial charge on any atom is 0.237 e. The Bertz CT molecular complexity index is 367. The lowest BCUT2D eigenvalue weighted by Crippen LogP contribution is -2.55. The third-order valence-corrected chi connectivity index (χ3v) is 3.07. The van der Waals surface area contributed by atoms with E-state index in [1.807, 2.05) is 18.2 Å². The molecule has 0 spiro atoms. The van der Waals surface area contributed by atoms with Crippen LogP contribution in [0.4, 0.5) is 0 Å². The van der Waals surface area contributed by atoms with Crippen LogP contribution in [-0.4, -0.2) is 41.7 Å². The molecule has 17 heavy (non-hydrogen) atoms. The highest BCUT2D eigenvalue weighted by Crippen LogP contribution is 2.13. The molecule has 4 nitrogen and oxygen atoms in total. The molecule has 92 valence electrons. The zero-order valence-corrected chi connectivity index (χ0v) is 9.80. The molecular formula is C13H18N2O2. The van der Waals surface area contributed by atoms with Gasteiger partial charge in [0.15, 0.2) is 0 Å². The zero-order chi connectivity index (χ0) is 12.1. The van der Waals surface area contributed by atoms with Gasteiger partial charge in [-0.15, -0.1) is 0 Å². The maximum atomic E-state index is 11.7. The van der Waals surface area contributed by atoms with Crippen LogP contribution in [0.2, 0.25) is 0 Å². The number of aliphatic hydroxyl groups is 1. The van der Waals surface area contributed by atoms with Gasteiger partial charge >= 0.3 is 0 Å². The van der Waals surface area contributed by atoms with Gasteiger partial charge in [0, 0.05) is 26.2 Å². The summed E-state index contributed by atoms with van der Waals surface area (Å²) >= 11 is 0. The van der Waals surface area contributed by atoms with Crippen LogP contribution in [0.15, 0.2) is 30.3 Å². The Morgan fingerprint density at radius 3 is 2.82 bits per heavy atom. The van der Waals surface area contributed by atoms with Gasteiger partial charge in [-0.1, -0.05) is 30.3 Å². The standard InChI is InChI=1S/C13H18N2O2/c16-9-6-12-13(17)14-7-8-15(12)10-11-4-2-1-3-5-11/h1-5,12,16H,6-10H2,(H,14,17). The van der Waals surface area contributed by atoms with Crippen molar-refractivity contribution in [2.24, 2.45) is 0 Å². The normalized spacial score (nSPS) is 21.2. The minimum Gasteiger partial charge on any atom is -0.396 e. The summed E-state index contributed by atoms with van der Waals surface area (Å²) in [6.07, 6.45) is 0.499. The van der Waals surface area contributed by atoms with Gasteiger partial charge in [0.05, 0.1) is 6.04 Å². The molecule has 4 heteroatoms. The molecule has 0 radical (unpaired) electrons. The fourth-order valence-electron chi connectivity index (χ4n) is 2.21. The number of hydrogen-bond acceptors (Lipinski definition) is 3. The highest BCUT2D eigenvalue weighted by atomic mass is 16.3. The summed E-state index contributed by atoms with van der Waals surface area (Å²) in [5, 5.41) is 11.9. The van der Waals surface area contributed by atoms with Crippen LogP contribution in [0.1, 0.15) is 12.0 Å². The van der Waals surface area contributed by atoms with E-state index >= 15 is 0 Å². The molecule has 1 atom stereocenters. The summed E-state index contributed by atoms with van der Waals surface area (Å²) in [5.41, 5.74) is 1.20. The average molecular weight is 234 g/mol. The van der Waals surface area contributed by atoms with Gasteiger partial charge in [-0.2, -0.15) is 0 Å². The summed E-state index contributed by atoms with van der Waals surface area (Å²) in [4.78, 5) is 13.9. The first-order valence-electron chi connectivity index (χ1n) is 5.98. The van der Waals surface area contributed by atoms with Crippen molar-refractivity contribution in [2.75, 3.05) is 19.7 Å². The van der Waals surface area contributed by atoms with Crippen LogP contribution in [0, 0.1) is 0 Å². The Hall–Kier alpha value is -1.39. The minimum absolute atomic E-state index is 0.0289. The number of carbonyl (C=O) groups is 1. The van der Waals surface area contributed by atoms with Crippen molar-refractivity contribution >= 4 is 5.91 Å². The topological polar surface area (TPSA) is 52.6 Å². The molecule has 1 saturated heterocycles. The second-order valence-electron chi connectivity index (χ2n) is 4.28. The molecule has 0 aromatic heterocycles. The first kappa shape index (κ1) is 12.1. The highest BCUT2D eigenvalue weighted by molar-refractivity contribution is 5.82. The summed E-state index contributed by atoms with van der Waals surface area (Å²) in [5.74, 6) is 0.0289. The van der Waals surface area contributed by atoms with Crippen molar-refractivity contribution in [3.8, 4) is 0 Å². The number of aliphatic hydroxyl groups excluding tert-OH is 1. The quantitative estimate of drug-likeness (QED) is 0.791. The van der Waals surface area contributed by atoms with E-state index in [4.69, 9.17) is 5.11 Å². The summed E-state index contributed by atoms with van der Waals surface area (Å²) < 4.78 is 0. The summed E-state index contributed by atoms with van der Waals surface area (Å²) in [6, 6.07) is 9.90. The molecule has 1 heterocycles. The van der Waals surface area contributed by atoms with E-state index < -0.39 is 0 Å². The van der Waals surface area contributed by atoms with E-state index in [0.717, 1.165) is 13.1 Å². The molecule has 0 saturated carbocycles. The van der Waals surface area contributed by atoms with Crippen molar-refractivity contribution in [1.82, 2.24) is 10.2 Å². The third kappa shape index (κ3) is 3.05. The Labute approximate surface area is 101 Å². The predicted octanol–water partition coefficient (Wildman–Crippen LogP) is 0.369. The molecule has 1 aromatic rings. The lowest BCUT2D eigenvalue weighted by molar-refractivity contribution is -0.129. The van der Waals surface area contributed by atoms with Crippen molar-refractivity contribution in [2.45, 2.75) is 19.0 Å². The van der Waals surface area contributed by atoms with Crippen molar-refractivity contribution < 1.29 is 9.90 Å². The molecule has 1 aliphatic rings. The van der Waals surface area contributed by atoms with Gasteiger partial charge in [0.1, 0.15) is 0 Å². The fraction of sp³-hybridized carbons (Fsp3) is 0.462. The van der Waals surface area contributed by atoms with Crippen LogP contribution in [0.5, 0.6) is 0 Å². The molecule has 2 N–H and O–H groups in total. The smallest absolute Gasteiger partial charge is 0.237 e. The number of nitrogens with one attached hydrogen (secondary N) is 1. The number of benzene rings is 1. The Morgan fingerprint density at radius 1 is 1.35 bits per heavy atom. The van der Waals surface area contributed by atoms with Gasteiger partial charge < -0.3 is 10.4 Å². The molecule has 2 rings (SSSR count). The van der Waals surface area contributed by atoms with Gasteiger partial charge in [0.25, 0.3) is 0 Å². The molecule has 1 amide bonds. The summed E-state index contributed by atoms with van der Waals surface area (Å²) in [7, 11) is 0. The van der Waals surface area contributed by atoms with Crippen LogP contribution >= 0.6 is 0 Å². The Kier molecular flexibility index (Phi) is 4.12. The van der Waals surface area contributed by atoms with Gasteiger partial charge in [0.2, 0.25) is 5.91 Å². The molecule has 1 fully saturated rings. The average Bonchev–Trinajstić information content (AvgIpc) is 2.35. The molecule has 1 aromatic carbocycles. The van der Waals surface area contributed by atoms with E-state index in [9.17, 15) is 4.79 Å². The van der Waals surface area contributed by atoms with E-state index in [1.54, 1.807) is 0 Å². The second kappa shape index (κ2) is 5.80. The van der Waals surface area contributed by atoms with Gasteiger partial charge in [-0.3, -0.25) is 9.69 Å². The maximum absolute atomic E-state index is 11.7. The number of carbonyl (C=O) groups excluding carboxylic acids is 1. The lowest BCUT2D eigenvalue weighted by atomic mass is 10.1. The lowest BCUT2D eigenvalue weighted by Gasteiger charge is -2.34. The van der Waals surface area contributed by atoms with Crippen LogP contribution < -0.4 is 5.32 Å². The fourth-order valence-corrected chi connectivity index (χ4v) is 2.21. The Balaban J connectivity index is 2.04. The first-order chi connectivity index (χ1) is 8.31. The van der Waals surface area contributed by atoms with Crippen LogP contribution in [0.25, 0.3) is 0 Å². The van der Waals surface area contributed by atoms with E-state index in [2.05, 4.69) is 22.3 Å². The van der Waals surface area contributed by atoms with Crippen molar-refractivity contribution in [3.63, 3.8) is 0 Å². The van der Waals surface area contributed by atoms with E-state index in [0.29, 0.717) is 13.0 Å². The number of nitrogens with zero attached hydrogens (tertiary/aromatic N) is 1. The summed E-state index contributed by atoms with van der Waals surface area (Å²) in [6.45, 7) is 2.33. The molecule has 0 bridgehead atoms. The largest absolute Gasteiger partial charge is 0.396 e. The number of amides is 1. The van der Waals surface area contributed by atoms with E-state index in [-0.39, 0.29) is 18.6 Å². The monoisotopic (exact) mass is 234 g/mol. The Morgan fingerprint density at radius 2 is 2.12 bits per heavy atom. The second-order valence-corrected chi connectivity index (χ2v) is 4.28. The third-order valence-electron chi connectivity index (χ3n) is 3.07. The molecule has 1 aliphatic heterocycles. The predicted molar refractivity (Wildman–Crippen MR) is 65.4 cm³/mol. The first-order valence-corrected chi connectivity index (χ1v) is 5.98.